The number of carbonyl (C=O) groups is 2. The summed E-state index contributed by atoms with van der Waals surface area (Å²) >= 11 is 0. The SMILES string of the molecule is COC(C)CCC(=O)NC(CC(=O)O)C(C)(C)C. The second-order valence-corrected chi connectivity index (χ2v) is 5.67. The van der Waals surface area contributed by atoms with Crippen LogP contribution in [0.5, 0.6) is 0 Å². The van der Waals surface area contributed by atoms with Gasteiger partial charge in [-0.1, -0.05) is 20.8 Å². The topological polar surface area (TPSA) is 75.6 Å². The largest absolute Gasteiger partial charge is 0.481 e. The Morgan fingerprint density at radius 3 is 2.28 bits per heavy atom. The Kier molecular flexibility index (Phi) is 6.91. The molecule has 2 unspecified atom stereocenters. The Labute approximate surface area is 109 Å². The van der Waals surface area contributed by atoms with Gasteiger partial charge in [0.15, 0.2) is 0 Å². The Hall–Kier alpha value is -1.10. The lowest BCUT2D eigenvalue weighted by Gasteiger charge is -2.30. The summed E-state index contributed by atoms with van der Waals surface area (Å²) in [5.74, 6) is -1.03. The van der Waals surface area contributed by atoms with Crippen LogP contribution in [0.3, 0.4) is 0 Å². The highest BCUT2D eigenvalue weighted by Crippen LogP contribution is 2.22. The number of nitrogens with one attached hydrogen (secondary N) is 1. The van der Waals surface area contributed by atoms with Gasteiger partial charge in [0, 0.05) is 19.6 Å². The van der Waals surface area contributed by atoms with E-state index in [0.29, 0.717) is 12.8 Å². The number of ether oxygens (including phenoxy) is 1. The van der Waals surface area contributed by atoms with E-state index in [0.717, 1.165) is 0 Å². The lowest BCUT2D eigenvalue weighted by atomic mass is 9.84. The Morgan fingerprint density at radius 1 is 1.33 bits per heavy atom. The molecule has 1 amide bonds. The second-order valence-electron chi connectivity index (χ2n) is 5.67. The average molecular weight is 259 g/mol. The van der Waals surface area contributed by atoms with Crippen molar-refractivity contribution in [3.8, 4) is 0 Å². The fraction of sp³-hybridized carbons (Fsp3) is 0.846. The van der Waals surface area contributed by atoms with Crippen LogP contribution >= 0.6 is 0 Å². The lowest BCUT2D eigenvalue weighted by Crippen LogP contribution is -2.45. The van der Waals surface area contributed by atoms with Crippen molar-refractivity contribution in [2.45, 2.75) is 59.1 Å². The monoisotopic (exact) mass is 259 g/mol. The number of hydrogen-bond acceptors (Lipinski definition) is 3. The number of aliphatic carboxylic acids is 1. The van der Waals surface area contributed by atoms with Crippen LogP contribution in [0.4, 0.5) is 0 Å². The molecule has 0 aromatic heterocycles. The third-order valence-electron chi connectivity index (χ3n) is 2.94. The molecular formula is C13H25NO4. The van der Waals surface area contributed by atoms with E-state index < -0.39 is 5.97 Å². The standard InChI is InChI=1S/C13H25NO4/c1-9(18-5)6-7-11(15)14-10(8-12(16)17)13(2,3)4/h9-10H,6-8H2,1-5H3,(H,14,15)(H,16,17). The van der Waals surface area contributed by atoms with Crippen LogP contribution in [-0.2, 0) is 14.3 Å². The van der Waals surface area contributed by atoms with Gasteiger partial charge in [0.1, 0.15) is 0 Å². The van der Waals surface area contributed by atoms with Crippen LogP contribution in [-0.4, -0.2) is 36.2 Å². The van der Waals surface area contributed by atoms with Crippen molar-refractivity contribution < 1.29 is 19.4 Å². The fourth-order valence-electron chi connectivity index (χ4n) is 1.47. The predicted octanol–water partition coefficient (Wildman–Crippen LogP) is 1.81. The quantitative estimate of drug-likeness (QED) is 0.731. The number of rotatable bonds is 7. The molecule has 106 valence electrons. The molecule has 5 nitrogen and oxygen atoms in total. The summed E-state index contributed by atoms with van der Waals surface area (Å²) in [6.07, 6.45) is 0.950. The van der Waals surface area contributed by atoms with Crippen LogP contribution in [0, 0.1) is 5.41 Å². The minimum Gasteiger partial charge on any atom is -0.481 e. The minimum absolute atomic E-state index is 0.0308. The first-order chi connectivity index (χ1) is 8.16. The van der Waals surface area contributed by atoms with E-state index in [1.807, 2.05) is 27.7 Å². The Balaban J connectivity index is 4.32. The van der Waals surface area contributed by atoms with E-state index in [1.165, 1.54) is 0 Å². The van der Waals surface area contributed by atoms with Crippen LogP contribution in [0.25, 0.3) is 0 Å². The van der Waals surface area contributed by atoms with Crippen molar-refractivity contribution in [2.75, 3.05) is 7.11 Å². The average Bonchev–Trinajstić information content (AvgIpc) is 2.23. The summed E-state index contributed by atoms with van der Waals surface area (Å²) < 4.78 is 5.06. The van der Waals surface area contributed by atoms with E-state index in [4.69, 9.17) is 9.84 Å². The minimum atomic E-state index is -0.902. The fourth-order valence-corrected chi connectivity index (χ4v) is 1.47. The predicted molar refractivity (Wildman–Crippen MR) is 69.3 cm³/mol. The highest BCUT2D eigenvalue weighted by molar-refractivity contribution is 5.77. The maximum Gasteiger partial charge on any atom is 0.305 e. The molecule has 0 rings (SSSR count). The van der Waals surface area contributed by atoms with Gasteiger partial charge >= 0.3 is 5.97 Å². The van der Waals surface area contributed by atoms with Crippen molar-refractivity contribution in [3.05, 3.63) is 0 Å². The Bertz CT molecular complexity index is 283. The molecule has 0 radical (unpaired) electrons. The van der Waals surface area contributed by atoms with E-state index in [1.54, 1.807) is 7.11 Å². The summed E-state index contributed by atoms with van der Waals surface area (Å²) in [5, 5.41) is 11.6. The lowest BCUT2D eigenvalue weighted by molar-refractivity contribution is -0.138. The highest BCUT2D eigenvalue weighted by Gasteiger charge is 2.28. The highest BCUT2D eigenvalue weighted by atomic mass is 16.5. The van der Waals surface area contributed by atoms with Gasteiger partial charge in [0.25, 0.3) is 0 Å². The van der Waals surface area contributed by atoms with Crippen LogP contribution < -0.4 is 5.32 Å². The number of amides is 1. The first-order valence-electron chi connectivity index (χ1n) is 6.20. The molecule has 0 aliphatic carbocycles. The summed E-state index contributed by atoms with van der Waals surface area (Å²) in [6, 6.07) is -0.361. The summed E-state index contributed by atoms with van der Waals surface area (Å²) in [4.78, 5) is 22.5. The third kappa shape index (κ3) is 7.27. The molecule has 0 aliphatic rings. The zero-order valence-corrected chi connectivity index (χ0v) is 11.9. The van der Waals surface area contributed by atoms with Gasteiger partial charge in [0.05, 0.1) is 12.5 Å². The van der Waals surface area contributed by atoms with E-state index >= 15 is 0 Å². The zero-order chi connectivity index (χ0) is 14.3. The van der Waals surface area contributed by atoms with Crippen LogP contribution in [0.2, 0.25) is 0 Å². The van der Waals surface area contributed by atoms with Gasteiger partial charge < -0.3 is 15.2 Å². The number of carbonyl (C=O) groups excluding carboxylic acids is 1. The number of hydrogen-bond donors (Lipinski definition) is 2. The normalized spacial score (nSPS) is 14.9. The van der Waals surface area contributed by atoms with Gasteiger partial charge in [0.2, 0.25) is 5.91 Å². The van der Waals surface area contributed by atoms with Gasteiger partial charge in [-0.15, -0.1) is 0 Å². The van der Waals surface area contributed by atoms with Crippen molar-refractivity contribution in [2.24, 2.45) is 5.41 Å². The number of methoxy groups -OCH3 is 1. The first-order valence-corrected chi connectivity index (χ1v) is 6.20. The third-order valence-corrected chi connectivity index (χ3v) is 2.94. The number of carboxylic acids is 1. The first kappa shape index (κ1) is 16.9. The molecule has 18 heavy (non-hydrogen) atoms. The molecule has 0 aliphatic heterocycles. The number of carboxylic acid groups (broad SMARTS) is 1. The molecule has 0 saturated heterocycles. The van der Waals surface area contributed by atoms with Gasteiger partial charge in [-0.25, -0.2) is 0 Å². The molecule has 2 N–H and O–H groups in total. The van der Waals surface area contributed by atoms with Crippen molar-refractivity contribution >= 4 is 11.9 Å². The molecular weight excluding hydrogens is 234 g/mol. The van der Waals surface area contributed by atoms with Gasteiger partial charge in [-0.05, 0) is 18.8 Å². The zero-order valence-electron chi connectivity index (χ0n) is 11.9. The smallest absolute Gasteiger partial charge is 0.305 e. The maximum atomic E-state index is 11.7. The van der Waals surface area contributed by atoms with Gasteiger partial charge in [-0.3, -0.25) is 9.59 Å². The van der Waals surface area contributed by atoms with E-state index in [2.05, 4.69) is 5.32 Å². The molecule has 0 heterocycles. The van der Waals surface area contributed by atoms with E-state index in [9.17, 15) is 9.59 Å². The van der Waals surface area contributed by atoms with Crippen molar-refractivity contribution in [1.82, 2.24) is 5.32 Å². The van der Waals surface area contributed by atoms with Gasteiger partial charge in [-0.2, -0.15) is 0 Å². The van der Waals surface area contributed by atoms with Crippen molar-refractivity contribution in [1.29, 1.82) is 0 Å². The summed E-state index contributed by atoms with van der Waals surface area (Å²) in [5.41, 5.74) is -0.277. The van der Waals surface area contributed by atoms with E-state index in [-0.39, 0.29) is 29.9 Å². The maximum absolute atomic E-state index is 11.7. The summed E-state index contributed by atoms with van der Waals surface area (Å²) in [6.45, 7) is 7.64. The summed E-state index contributed by atoms with van der Waals surface area (Å²) in [7, 11) is 1.60. The molecule has 5 heteroatoms. The molecule has 0 saturated carbocycles. The second kappa shape index (κ2) is 7.36. The van der Waals surface area contributed by atoms with Crippen molar-refractivity contribution in [3.63, 3.8) is 0 Å². The van der Waals surface area contributed by atoms with Crippen LogP contribution in [0.1, 0.15) is 47.0 Å². The molecule has 0 aromatic rings. The molecule has 0 bridgehead atoms. The molecule has 0 spiro atoms. The Morgan fingerprint density at radius 2 is 1.89 bits per heavy atom. The molecule has 0 fully saturated rings. The van der Waals surface area contributed by atoms with Crippen LogP contribution in [0.15, 0.2) is 0 Å². The molecule has 2 atom stereocenters. The molecule has 0 aromatic carbocycles.